The van der Waals surface area contributed by atoms with Gasteiger partial charge in [0.05, 0.1) is 12.7 Å². The van der Waals surface area contributed by atoms with Crippen LogP contribution in [-0.4, -0.2) is 37.4 Å². The molecule has 0 radical (unpaired) electrons. The van der Waals surface area contributed by atoms with E-state index in [2.05, 4.69) is 0 Å². The van der Waals surface area contributed by atoms with Gasteiger partial charge < -0.3 is 14.2 Å². The molecular formula is C15H24O5. The van der Waals surface area contributed by atoms with Gasteiger partial charge in [0.1, 0.15) is 11.7 Å². The van der Waals surface area contributed by atoms with Crippen molar-refractivity contribution < 1.29 is 23.8 Å². The summed E-state index contributed by atoms with van der Waals surface area (Å²) in [5.74, 6) is -0.864. The van der Waals surface area contributed by atoms with Crippen LogP contribution in [0.5, 0.6) is 0 Å². The number of cyclic esters (lactones) is 1. The second-order valence-corrected chi connectivity index (χ2v) is 5.61. The molecule has 20 heavy (non-hydrogen) atoms. The summed E-state index contributed by atoms with van der Waals surface area (Å²) in [6.07, 6.45) is 5.75. The molecular weight excluding hydrogens is 260 g/mol. The lowest BCUT2D eigenvalue weighted by Crippen LogP contribution is -2.26. The summed E-state index contributed by atoms with van der Waals surface area (Å²) in [6, 6.07) is 0. The van der Waals surface area contributed by atoms with E-state index in [4.69, 9.17) is 14.2 Å². The number of carbonyl (C=O) groups is 2. The predicted molar refractivity (Wildman–Crippen MR) is 72.1 cm³/mol. The zero-order chi connectivity index (χ0) is 14.4. The zero-order valence-electron chi connectivity index (χ0n) is 12.1. The van der Waals surface area contributed by atoms with Gasteiger partial charge in [-0.2, -0.15) is 0 Å². The average Bonchev–Trinajstić information content (AvgIpc) is 2.86. The SMILES string of the molecule is C[C@@H](CCCC(=O)C1CCOC1=O)OC1CCCCO1. The maximum absolute atomic E-state index is 11.9. The number of hydrogen-bond donors (Lipinski definition) is 0. The molecule has 0 aromatic carbocycles. The Bertz CT molecular complexity index is 335. The molecule has 5 heteroatoms. The number of hydrogen-bond acceptors (Lipinski definition) is 5. The van der Waals surface area contributed by atoms with Crippen molar-refractivity contribution in [3.05, 3.63) is 0 Å². The molecule has 3 atom stereocenters. The first kappa shape index (κ1) is 15.4. The van der Waals surface area contributed by atoms with Crippen LogP contribution in [0.2, 0.25) is 0 Å². The van der Waals surface area contributed by atoms with Crippen molar-refractivity contribution in [3.8, 4) is 0 Å². The van der Waals surface area contributed by atoms with Crippen LogP contribution in [0.25, 0.3) is 0 Å². The smallest absolute Gasteiger partial charge is 0.316 e. The molecule has 2 fully saturated rings. The molecule has 5 nitrogen and oxygen atoms in total. The van der Waals surface area contributed by atoms with Gasteiger partial charge in [0.25, 0.3) is 0 Å². The van der Waals surface area contributed by atoms with Crippen molar-refractivity contribution in [3.63, 3.8) is 0 Å². The molecule has 2 aliphatic rings. The summed E-state index contributed by atoms with van der Waals surface area (Å²) >= 11 is 0. The minimum absolute atomic E-state index is 0.00798. The van der Waals surface area contributed by atoms with Crippen LogP contribution < -0.4 is 0 Å². The third kappa shape index (κ3) is 4.56. The summed E-state index contributed by atoms with van der Waals surface area (Å²) in [5.41, 5.74) is 0. The normalized spacial score (nSPS) is 28.1. The van der Waals surface area contributed by atoms with Crippen LogP contribution in [0.1, 0.15) is 51.9 Å². The van der Waals surface area contributed by atoms with Crippen molar-refractivity contribution in [2.45, 2.75) is 64.3 Å². The first-order chi connectivity index (χ1) is 9.66. The minimum Gasteiger partial charge on any atom is -0.465 e. The Kier molecular flexibility index (Phi) is 5.98. The Morgan fingerprint density at radius 2 is 2.20 bits per heavy atom. The minimum atomic E-state index is -0.520. The van der Waals surface area contributed by atoms with Crippen LogP contribution in [0, 0.1) is 5.92 Å². The van der Waals surface area contributed by atoms with E-state index in [1.165, 1.54) is 0 Å². The van der Waals surface area contributed by atoms with E-state index in [1.807, 2.05) is 6.92 Å². The van der Waals surface area contributed by atoms with E-state index in [1.54, 1.807) is 0 Å². The molecule has 0 aromatic heterocycles. The second-order valence-electron chi connectivity index (χ2n) is 5.61. The predicted octanol–water partition coefficient (Wildman–Crippen LogP) is 2.22. The first-order valence-corrected chi connectivity index (χ1v) is 7.63. The molecule has 2 aliphatic heterocycles. The van der Waals surface area contributed by atoms with Crippen molar-refractivity contribution in [2.75, 3.05) is 13.2 Å². The molecule has 2 heterocycles. The summed E-state index contributed by atoms with van der Waals surface area (Å²) in [7, 11) is 0. The van der Waals surface area contributed by atoms with E-state index < -0.39 is 5.92 Å². The molecule has 0 amide bonds. The Hall–Kier alpha value is -0.940. The number of ether oxygens (including phenoxy) is 3. The Balaban J connectivity index is 1.59. The van der Waals surface area contributed by atoms with Gasteiger partial charge in [-0.15, -0.1) is 0 Å². The second kappa shape index (κ2) is 7.74. The average molecular weight is 284 g/mol. The Labute approximate surface area is 120 Å². The maximum atomic E-state index is 11.9. The number of esters is 1. The molecule has 2 unspecified atom stereocenters. The monoisotopic (exact) mass is 284 g/mol. The number of carbonyl (C=O) groups excluding carboxylic acids is 2. The molecule has 0 bridgehead atoms. The summed E-state index contributed by atoms with van der Waals surface area (Å²) in [4.78, 5) is 23.2. The molecule has 0 spiro atoms. The largest absolute Gasteiger partial charge is 0.465 e. The van der Waals surface area contributed by atoms with Gasteiger partial charge in [-0.3, -0.25) is 9.59 Å². The van der Waals surface area contributed by atoms with Crippen molar-refractivity contribution in [1.29, 1.82) is 0 Å². The third-order valence-electron chi connectivity index (χ3n) is 3.88. The van der Waals surface area contributed by atoms with Gasteiger partial charge >= 0.3 is 5.97 Å². The fourth-order valence-electron chi connectivity index (χ4n) is 2.67. The molecule has 0 aromatic rings. The topological polar surface area (TPSA) is 61.8 Å². The summed E-state index contributed by atoms with van der Waals surface area (Å²) in [6.45, 7) is 3.17. The van der Waals surface area contributed by atoms with Gasteiger partial charge in [-0.05, 0) is 39.0 Å². The highest BCUT2D eigenvalue weighted by molar-refractivity contribution is 5.99. The Morgan fingerprint density at radius 1 is 1.35 bits per heavy atom. The van der Waals surface area contributed by atoms with E-state index in [9.17, 15) is 9.59 Å². The molecule has 2 rings (SSSR count). The highest BCUT2D eigenvalue weighted by Crippen LogP contribution is 2.20. The van der Waals surface area contributed by atoms with Crippen molar-refractivity contribution in [1.82, 2.24) is 0 Å². The van der Waals surface area contributed by atoms with Gasteiger partial charge in [0.15, 0.2) is 6.29 Å². The summed E-state index contributed by atoms with van der Waals surface area (Å²) < 4.78 is 16.1. The highest BCUT2D eigenvalue weighted by Gasteiger charge is 2.32. The third-order valence-corrected chi connectivity index (χ3v) is 3.88. The van der Waals surface area contributed by atoms with Crippen LogP contribution in [0.15, 0.2) is 0 Å². The standard InChI is InChI=1S/C15H24O5/c1-11(20-14-7-2-3-9-18-14)5-4-6-13(16)12-8-10-19-15(12)17/h11-12,14H,2-10H2,1H3/t11-,12?,14?/m0/s1. The molecule has 0 aliphatic carbocycles. The Morgan fingerprint density at radius 3 is 2.85 bits per heavy atom. The van der Waals surface area contributed by atoms with E-state index in [0.29, 0.717) is 19.4 Å². The van der Waals surface area contributed by atoms with Crippen molar-refractivity contribution in [2.24, 2.45) is 5.92 Å². The van der Waals surface area contributed by atoms with Crippen LogP contribution in [-0.2, 0) is 23.8 Å². The van der Waals surface area contributed by atoms with Crippen LogP contribution in [0.3, 0.4) is 0 Å². The molecule has 0 saturated carbocycles. The van der Waals surface area contributed by atoms with Gasteiger partial charge in [-0.25, -0.2) is 0 Å². The lowest BCUT2D eigenvalue weighted by Gasteiger charge is -2.26. The first-order valence-electron chi connectivity index (χ1n) is 7.63. The fraction of sp³-hybridized carbons (Fsp3) is 0.867. The fourth-order valence-corrected chi connectivity index (χ4v) is 2.67. The van der Waals surface area contributed by atoms with Crippen LogP contribution in [0.4, 0.5) is 0 Å². The van der Waals surface area contributed by atoms with Crippen molar-refractivity contribution >= 4 is 11.8 Å². The highest BCUT2D eigenvalue weighted by atomic mass is 16.7. The molecule has 2 saturated heterocycles. The van der Waals surface area contributed by atoms with E-state index >= 15 is 0 Å². The van der Waals surface area contributed by atoms with Crippen LogP contribution >= 0.6 is 0 Å². The molecule has 114 valence electrons. The quantitative estimate of drug-likeness (QED) is 0.530. The number of Topliss-reactive ketones (excluding diaryl/α,β-unsaturated/α-hetero) is 1. The number of rotatable bonds is 7. The summed E-state index contributed by atoms with van der Waals surface area (Å²) in [5, 5.41) is 0. The van der Waals surface area contributed by atoms with E-state index in [0.717, 1.165) is 38.7 Å². The van der Waals surface area contributed by atoms with Gasteiger partial charge in [0.2, 0.25) is 0 Å². The van der Waals surface area contributed by atoms with Gasteiger partial charge in [-0.1, -0.05) is 0 Å². The van der Waals surface area contributed by atoms with E-state index in [-0.39, 0.29) is 24.1 Å². The number of ketones is 1. The lowest BCUT2D eigenvalue weighted by molar-refractivity contribution is -0.185. The molecule has 0 N–H and O–H groups in total. The zero-order valence-corrected chi connectivity index (χ0v) is 12.1. The lowest BCUT2D eigenvalue weighted by atomic mass is 9.98. The maximum Gasteiger partial charge on any atom is 0.316 e. The van der Waals surface area contributed by atoms with Gasteiger partial charge in [0, 0.05) is 19.4 Å².